The molecule has 7 nitrogen and oxygen atoms in total. The van der Waals surface area contributed by atoms with E-state index in [0.29, 0.717) is 30.6 Å². The number of carbonyl (C=O) groups excluding carboxylic acids is 2. The molecule has 1 saturated heterocycles. The van der Waals surface area contributed by atoms with Crippen LogP contribution in [0, 0.1) is 5.92 Å². The van der Waals surface area contributed by atoms with Crippen LogP contribution in [-0.2, 0) is 4.79 Å². The standard InChI is InChI=1S/C17H26N4O3/c1-11(18)17(23)21-9-7-13(8-10-21)12(2)19-16(22)14-5-4-6-15(20-14)24-3/h4-6,11-13H,7-10,18H2,1-3H3,(H,19,22)/t11-,12?/m0/s1. The number of nitrogens with one attached hydrogen (secondary N) is 1. The van der Waals surface area contributed by atoms with Crippen molar-refractivity contribution in [2.45, 2.75) is 38.8 Å². The average molecular weight is 334 g/mol. The summed E-state index contributed by atoms with van der Waals surface area (Å²) in [7, 11) is 1.52. The Kier molecular flexibility index (Phi) is 6.14. The van der Waals surface area contributed by atoms with Crippen molar-refractivity contribution in [2.24, 2.45) is 11.7 Å². The van der Waals surface area contributed by atoms with Crippen LogP contribution in [0.5, 0.6) is 5.88 Å². The quantitative estimate of drug-likeness (QED) is 0.830. The molecule has 0 aromatic carbocycles. The number of aromatic nitrogens is 1. The van der Waals surface area contributed by atoms with Gasteiger partial charge in [0.1, 0.15) is 5.69 Å². The molecule has 1 fully saturated rings. The van der Waals surface area contributed by atoms with Crippen LogP contribution in [0.3, 0.4) is 0 Å². The molecule has 0 spiro atoms. The minimum atomic E-state index is -0.460. The van der Waals surface area contributed by atoms with Gasteiger partial charge in [-0.05, 0) is 38.7 Å². The Bertz CT molecular complexity index is 583. The molecule has 1 unspecified atom stereocenters. The zero-order valence-electron chi connectivity index (χ0n) is 14.5. The van der Waals surface area contributed by atoms with E-state index in [9.17, 15) is 9.59 Å². The van der Waals surface area contributed by atoms with Gasteiger partial charge in [-0.25, -0.2) is 4.98 Å². The number of ether oxygens (including phenoxy) is 1. The molecule has 2 amide bonds. The topological polar surface area (TPSA) is 97.5 Å². The van der Waals surface area contributed by atoms with Crippen molar-refractivity contribution in [1.82, 2.24) is 15.2 Å². The van der Waals surface area contributed by atoms with Crippen molar-refractivity contribution < 1.29 is 14.3 Å². The van der Waals surface area contributed by atoms with Gasteiger partial charge in [-0.3, -0.25) is 9.59 Å². The number of rotatable bonds is 5. The second kappa shape index (κ2) is 8.10. The summed E-state index contributed by atoms with van der Waals surface area (Å²) >= 11 is 0. The number of methoxy groups -OCH3 is 1. The van der Waals surface area contributed by atoms with E-state index in [4.69, 9.17) is 10.5 Å². The Morgan fingerprint density at radius 2 is 2.00 bits per heavy atom. The summed E-state index contributed by atoms with van der Waals surface area (Å²) in [6.07, 6.45) is 1.71. The fraction of sp³-hybridized carbons (Fsp3) is 0.588. The highest BCUT2D eigenvalue weighted by Crippen LogP contribution is 2.21. The van der Waals surface area contributed by atoms with Gasteiger partial charge in [0.25, 0.3) is 5.91 Å². The molecule has 2 rings (SSSR count). The van der Waals surface area contributed by atoms with Crippen molar-refractivity contribution in [3.63, 3.8) is 0 Å². The SMILES string of the molecule is COc1cccc(C(=O)NC(C)C2CCN(C(=O)[C@H](C)N)CC2)n1. The van der Waals surface area contributed by atoms with Crippen LogP contribution in [0.15, 0.2) is 18.2 Å². The van der Waals surface area contributed by atoms with E-state index in [1.54, 1.807) is 30.0 Å². The minimum absolute atomic E-state index is 0.00859. The Balaban J connectivity index is 1.88. The minimum Gasteiger partial charge on any atom is -0.481 e. The maximum Gasteiger partial charge on any atom is 0.270 e. The number of nitrogens with zero attached hydrogens (tertiary/aromatic N) is 2. The smallest absolute Gasteiger partial charge is 0.270 e. The zero-order valence-corrected chi connectivity index (χ0v) is 14.5. The van der Waals surface area contributed by atoms with E-state index in [1.807, 2.05) is 6.92 Å². The second-order valence-corrected chi connectivity index (χ2v) is 6.28. The van der Waals surface area contributed by atoms with E-state index in [1.165, 1.54) is 7.11 Å². The van der Waals surface area contributed by atoms with Crippen molar-refractivity contribution in [2.75, 3.05) is 20.2 Å². The third-order valence-electron chi connectivity index (χ3n) is 4.47. The number of hydrogen-bond acceptors (Lipinski definition) is 5. The molecular formula is C17H26N4O3. The summed E-state index contributed by atoms with van der Waals surface area (Å²) in [5, 5.41) is 3.00. The normalized spacial score (nSPS) is 17.9. The van der Waals surface area contributed by atoms with Crippen LogP contribution in [0.2, 0.25) is 0 Å². The van der Waals surface area contributed by atoms with Crippen LogP contribution < -0.4 is 15.8 Å². The maximum atomic E-state index is 12.3. The first-order valence-electron chi connectivity index (χ1n) is 8.28. The number of carbonyl (C=O) groups is 2. The van der Waals surface area contributed by atoms with Gasteiger partial charge < -0.3 is 20.7 Å². The lowest BCUT2D eigenvalue weighted by Crippen LogP contribution is -2.49. The Labute approximate surface area is 142 Å². The molecule has 1 aliphatic rings. The van der Waals surface area contributed by atoms with Gasteiger partial charge in [-0.1, -0.05) is 6.07 Å². The third-order valence-corrected chi connectivity index (χ3v) is 4.47. The first kappa shape index (κ1) is 18.2. The third kappa shape index (κ3) is 4.44. The molecule has 0 saturated carbocycles. The van der Waals surface area contributed by atoms with Crippen LogP contribution in [0.1, 0.15) is 37.2 Å². The monoisotopic (exact) mass is 334 g/mol. The van der Waals surface area contributed by atoms with Crippen LogP contribution in [-0.4, -0.2) is 54.0 Å². The van der Waals surface area contributed by atoms with Gasteiger partial charge in [-0.2, -0.15) is 0 Å². The van der Waals surface area contributed by atoms with E-state index < -0.39 is 6.04 Å². The van der Waals surface area contributed by atoms with Gasteiger partial charge in [0, 0.05) is 25.2 Å². The molecule has 24 heavy (non-hydrogen) atoms. The molecule has 1 aliphatic heterocycles. The summed E-state index contributed by atoms with van der Waals surface area (Å²) in [5.41, 5.74) is 5.99. The Hall–Kier alpha value is -2.15. The van der Waals surface area contributed by atoms with E-state index in [0.717, 1.165) is 12.8 Å². The first-order valence-corrected chi connectivity index (χ1v) is 8.28. The molecule has 2 atom stereocenters. The number of piperidine rings is 1. The highest BCUT2D eigenvalue weighted by molar-refractivity contribution is 5.92. The molecule has 0 bridgehead atoms. The van der Waals surface area contributed by atoms with Gasteiger partial charge >= 0.3 is 0 Å². The van der Waals surface area contributed by atoms with Crippen molar-refractivity contribution in [3.8, 4) is 5.88 Å². The molecule has 0 aliphatic carbocycles. The molecule has 3 N–H and O–H groups in total. The molecule has 1 aromatic rings. The maximum absolute atomic E-state index is 12.3. The van der Waals surface area contributed by atoms with Crippen LogP contribution in [0.25, 0.3) is 0 Å². The van der Waals surface area contributed by atoms with Crippen molar-refractivity contribution >= 4 is 11.8 Å². The van der Waals surface area contributed by atoms with Crippen molar-refractivity contribution in [1.29, 1.82) is 0 Å². The number of likely N-dealkylation sites (tertiary alicyclic amines) is 1. The van der Waals surface area contributed by atoms with E-state index >= 15 is 0 Å². The predicted octanol–water partition coefficient (Wildman–Crippen LogP) is 0.794. The molecule has 1 aromatic heterocycles. The lowest BCUT2D eigenvalue weighted by molar-refractivity contribution is -0.133. The fourth-order valence-corrected chi connectivity index (χ4v) is 2.96. The lowest BCUT2D eigenvalue weighted by atomic mass is 9.90. The summed E-state index contributed by atoms with van der Waals surface area (Å²) in [6, 6.07) is 4.65. The Morgan fingerprint density at radius 3 is 2.58 bits per heavy atom. The van der Waals surface area contributed by atoms with E-state index in [2.05, 4.69) is 10.3 Å². The zero-order chi connectivity index (χ0) is 17.7. The van der Waals surface area contributed by atoms with Crippen molar-refractivity contribution in [3.05, 3.63) is 23.9 Å². The van der Waals surface area contributed by atoms with Gasteiger partial charge in [0.05, 0.1) is 13.2 Å². The second-order valence-electron chi connectivity index (χ2n) is 6.28. The molecule has 132 valence electrons. The van der Waals surface area contributed by atoms with Crippen LogP contribution >= 0.6 is 0 Å². The highest BCUT2D eigenvalue weighted by Gasteiger charge is 2.28. The largest absolute Gasteiger partial charge is 0.481 e. The molecule has 0 radical (unpaired) electrons. The fourth-order valence-electron chi connectivity index (χ4n) is 2.96. The number of nitrogens with two attached hydrogens (primary N) is 1. The molecular weight excluding hydrogens is 308 g/mol. The summed E-state index contributed by atoms with van der Waals surface area (Å²) in [4.78, 5) is 30.2. The molecule has 7 heteroatoms. The van der Waals surface area contributed by atoms with Gasteiger partial charge in [0.2, 0.25) is 11.8 Å². The lowest BCUT2D eigenvalue weighted by Gasteiger charge is -2.35. The highest BCUT2D eigenvalue weighted by atomic mass is 16.5. The van der Waals surface area contributed by atoms with Crippen LogP contribution in [0.4, 0.5) is 0 Å². The number of hydrogen-bond donors (Lipinski definition) is 2. The predicted molar refractivity (Wildman–Crippen MR) is 90.7 cm³/mol. The number of amides is 2. The number of pyridine rings is 1. The summed E-state index contributed by atoms with van der Waals surface area (Å²) in [6.45, 7) is 5.06. The van der Waals surface area contributed by atoms with E-state index in [-0.39, 0.29) is 17.9 Å². The summed E-state index contributed by atoms with van der Waals surface area (Å²) in [5.74, 6) is 0.524. The summed E-state index contributed by atoms with van der Waals surface area (Å²) < 4.78 is 5.04. The molecule has 2 heterocycles. The van der Waals surface area contributed by atoms with Gasteiger partial charge in [0.15, 0.2) is 0 Å². The average Bonchev–Trinajstić information content (AvgIpc) is 2.61. The first-order chi connectivity index (χ1) is 11.4. The Morgan fingerprint density at radius 1 is 1.33 bits per heavy atom. The van der Waals surface area contributed by atoms with Gasteiger partial charge in [-0.15, -0.1) is 0 Å².